The first-order valence-corrected chi connectivity index (χ1v) is 8.37. The molecule has 0 bridgehead atoms. The molecule has 0 atom stereocenters. The van der Waals surface area contributed by atoms with Gasteiger partial charge in [0.2, 0.25) is 0 Å². The summed E-state index contributed by atoms with van der Waals surface area (Å²) in [5.41, 5.74) is 1.05. The van der Waals surface area contributed by atoms with Crippen molar-refractivity contribution in [1.82, 2.24) is 15.2 Å². The molecule has 8 nitrogen and oxygen atoms in total. The number of anilines is 1. The highest BCUT2D eigenvalue weighted by molar-refractivity contribution is 6.04. The summed E-state index contributed by atoms with van der Waals surface area (Å²) in [6.45, 7) is 1.24. The molecular formula is C19H24N4O4. The van der Waals surface area contributed by atoms with Crippen molar-refractivity contribution in [2.75, 3.05) is 46.7 Å². The highest BCUT2D eigenvalue weighted by Gasteiger charge is 2.13. The number of nitrogens with zero attached hydrogens (tertiary/aromatic N) is 2. The van der Waals surface area contributed by atoms with Gasteiger partial charge in [-0.2, -0.15) is 0 Å². The van der Waals surface area contributed by atoms with Gasteiger partial charge in [-0.15, -0.1) is 0 Å². The lowest BCUT2D eigenvalue weighted by Gasteiger charge is -2.11. The van der Waals surface area contributed by atoms with E-state index in [1.807, 2.05) is 19.0 Å². The molecule has 8 heteroatoms. The first-order valence-electron chi connectivity index (χ1n) is 8.37. The van der Waals surface area contributed by atoms with Crippen molar-refractivity contribution >= 4 is 17.5 Å². The van der Waals surface area contributed by atoms with Crippen LogP contribution in [0.15, 0.2) is 36.5 Å². The zero-order valence-electron chi connectivity index (χ0n) is 15.9. The molecule has 2 aromatic rings. The van der Waals surface area contributed by atoms with E-state index in [1.165, 1.54) is 26.5 Å². The Morgan fingerprint density at radius 1 is 1.04 bits per heavy atom. The van der Waals surface area contributed by atoms with Crippen molar-refractivity contribution in [3.8, 4) is 11.5 Å². The Hall–Kier alpha value is -3.13. The SMILES string of the molecule is COc1ccc(NC(=O)c2cc(C(=O)NCCN(C)C)ccn2)cc1OC. The fourth-order valence-corrected chi connectivity index (χ4v) is 2.30. The Morgan fingerprint density at radius 3 is 2.44 bits per heavy atom. The summed E-state index contributed by atoms with van der Waals surface area (Å²) in [7, 11) is 6.91. The number of benzene rings is 1. The van der Waals surface area contributed by atoms with Crippen LogP contribution >= 0.6 is 0 Å². The van der Waals surface area contributed by atoms with Crippen LogP contribution in [0, 0.1) is 0 Å². The lowest BCUT2D eigenvalue weighted by molar-refractivity contribution is 0.0951. The molecule has 27 heavy (non-hydrogen) atoms. The van der Waals surface area contributed by atoms with Crippen molar-refractivity contribution < 1.29 is 19.1 Å². The summed E-state index contributed by atoms with van der Waals surface area (Å²) in [4.78, 5) is 30.7. The van der Waals surface area contributed by atoms with Gasteiger partial charge in [0.15, 0.2) is 11.5 Å². The molecule has 2 amide bonds. The van der Waals surface area contributed by atoms with Gasteiger partial charge >= 0.3 is 0 Å². The minimum absolute atomic E-state index is 0.144. The third-order valence-corrected chi connectivity index (χ3v) is 3.74. The Morgan fingerprint density at radius 2 is 1.78 bits per heavy atom. The number of methoxy groups -OCH3 is 2. The van der Waals surface area contributed by atoms with E-state index in [9.17, 15) is 9.59 Å². The van der Waals surface area contributed by atoms with E-state index in [4.69, 9.17) is 9.47 Å². The second-order valence-electron chi connectivity index (χ2n) is 6.01. The highest BCUT2D eigenvalue weighted by atomic mass is 16.5. The van der Waals surface area contributed by atoms with Crippen LogP contribution in [0.4, 0.5) is 5.69 Å². The maximum Gasteiger partial charge on any atom is 0.274 e. The molecule has 0 aliphatic rings. The number of hydrogen-bond donors (Lipinski definition) is 2. The normalized spacial score (nSPS) is 10.4. The van der Waals surface area contributed by atoms with Gasteiger partial charge in [0.05, 0.1) is 14.2 Å². The van der Waals surface area contributed by atoms with Crippen LogP contribution in [0.25, 0.3) is 0 Å². The van der Waals surface area contributed by atoms with Gasteiger partial charge in [-0.25, -0.2) is 0 Å². The monoisotopic (exact) mass is 372 g/mol. The summed E-state index contributed by atoms with van der Waals surface area (Å²) in [5.74, 6) is 0.381. The second kappa shape index (κ2) is 9.54. The van der Waals surface area contributed by atoms with E-state index in [2.05, 4.69) is 15.6 Å². The quantitative estimate of drug-likeness (QED) is 0.732. The molecule has 0 unspecified atom stereocenters. The number of amides is 2. The average molecular weight is 372 g/mol. The molecule has 0 fully saturated rings. The Kier molecular flexibility index (Phi) is 7.13. The molecule has 0 aliphatic heterocycles. The van der Waals surface area contributed by atoms with Crippen LogP contribution in [-0.4, -0.2) is 63.1 Å². The summed E-state index contributed by atoms with van der Waals surface area (Å²) in [6.07, 6.45) is 1.43. The molecule has 1 aromatic heterocycles. The lowest BCUT2D eigenvalue weighted by atomic mass is 10.2. The maximum atomic E-state index is 12.5. The molecule has 0 radical (unpaired) electrons. The zero-order chi connectivity index (χ0) is 19.8. The molecule has 0 saturated heterocycles. The number of carbonyl (C=O) groups excluding carboxylic acids is 2. The third kappa shape index (κ3) is 5.68. The fraction of sp³-hybridized carbons (Fsp3) is 0.316. The summed E-state index contributed by atoms with van der Waals surface area (Å²) >= 11 is 0. The van der Waals surface area contributed by atoms with Gasteiger partial charge in [-0.1, -0.05) is 0 Å². The van der Waals surface area contributed by atoms with Gasteiger partial charge in [-0.3, -0.25) is 14.6 Å². The van der Waals surface area contributed by atoms with Gasteiger partial charge in [0.25, 0.3) is 11.8 Å². The van der Waals surface area contributed by atoms with E-state index in [0.717, 1.165) is 6.54 Å². The maximum absolute atomic E-state index is 12.5. The molecule has 0 saturated carbocycles. The molecule has 1 aromatic carbocycles. The second-order valence-corrected chi connectivity index (χ2v) is 6.01. The van der Waals surface area contributed by atoms with Crippen LogP contribution in [0.1, 0.15) is 20.8 Å². The number of nitrogens with one attached hydrogen (secondary N) is 2. The molecule has 2 rings (SSSR count). The highest BCUT2D eigenvalue weighted by Crippen LogP contribution is 2.29. The first-order chi connectivity index (χ1) is 12.9. The Balaban J connectivity index is 2.07. The average Bonchev–Trinajstić information content (AvgIpc) is 2.67. The minimum atomic E-state index is -0.426. The van der Waals surface area contributed by atoms with Crippen LogP contribution in [0.5, 0.6) is 11.5 Å². The number of rotatable bonds is 8. The zero-order valence-corrected chi connectivity index (χ0v) is 15.9. The fourth-order valence-electron chi connectivity index (χ4n) is 2.30. The molecule has 2 N–H and O–H groups in total. The van der Waals surface area contributed by atoms with Crippen molar-refractivity contribution in [3.05, 3.63) is 47.8 Å². The largest absolute Gasteiger partial charge is 0.493 e. The smallest absolute Gasteiger partial charge is 0.274 e. The van der Waals surface area contributed by atoms with Crippen LogP contribution in [0.2, 0.25) is 0 Å². The Bertz CT molecular complexity index is 808. The molecule has 144 valence electrons. The number of likely N-dealkylation sites (N-methyl/N-ethyl adjacent to an activating group) is 1. The lowest BCUT2D eigenvalue weighted by Crippen LogP contribution is -2.31. The van der Waals surface area contributed by atoms with Gasteiger partial charge in [-0.05, 0) is 38.4 Å². The molecule has 0 aliphatic carbocycles. The van der Waals surface area contributed by atoms with E-state index in [-0.39, 0.29) is 11.6 Å². The minimum Gasteiger partial charge on any atom is -0.493 e. The van der Waals surface area contributed by atoms with Crippen molar-refractivity contribution in [1.29, 1.82) is 0 Å². The molecular weight excluding hydrogens is 348 g/mol. The number of carbonyl (C=O) groups is 2. The van der Waals surface area contributed by atoms with Crippen molar-refractivity contribution in [3.63, 3.8) is 0 Å². The first kappa shape index (κ1) is 20.2. The van der Waals surface area contributed by atoms with Gasteiger partial charge in [0, 0.05) is 36.6 Å². The van der Waals surface area contributed by atoms with Gasteiger partial charge < -0.3 is 25.0 Å². The van der Waals surface area contributed by atoms with Gasteiger partial charge in [0.1, 0.15) is 5.69 Å². The van der Waals surface area contributed by atoms with E-state index in [0.29, 0.717) is 29.3 Å². The topological polar surface area (TPSA) is 92.8 Å². The number of pyridine rings is 1. The Labute approximate surface area is 158 Å². The van der Waals surface area contributed by atoms with Crippen LogP contribution in [-0.2, 0) is 0 Å². The predicted molar refractivity (Wildman–Crippen MR) is 103 cm³/mol. The summed E-state index contributed by atoms with van der Waals surface area (Å²) in [5, 5.41) is 5.54. The molecule has 1 heterocycles. The number of ether oxygens (including phenoxy) is 2. The summed E-state index contributed by atoms with van der Waals surface area (Å²) < 4.78 is 10.4. The predicted octanol–water partition coefficient (Wildman–Crippen LogP) is 1.64. The molecule has 0 spiro atoms. The standard InChI is InChI=1S/C19H24N4O4/c1-23(2)10-9-21-18(24)13-7-8-20-15(11-13)19(25)22-14-5-6-16(26-3)17(12-14)27-4/h5-8,11-12H,9-10H2,1-4H3,(H,21,24)(H,22,25). The van der Waals surface area contributed by atoms with Crippen molar-refractivity contribution in [2.45, 2.75) is 0 Å². The van der Waals surface area contributed by atoms with Crippen molar-refractivity contribution in [2.24, 2.45) is 0 Å². The van der Waals surface area contributed by atoms with E-state index < -0.39 is 5.91 Å². The van der Waals surface area contributed by atoms with E-state index >= 15 is 0 Å². The summed E-state index contributed by atoms with van der Waals surface area (Å²) in [6, 6.07) is 8.06. The number of hydrogen-bond acceptors (Lipinski definition) is 6. The van der Waals surface area contributed by atoms with E-state index in [1.54, 1.807) is 24.3 Å². The number of aromatic nitrogens is 1. The third-order valence-electron chi connectivity index (χ3n) is 3.74. The van der Waals surface area contributed by atoms with Crippen LogP contribution < -0.4 is 20.1 Å². The van der Waals surface area contributed by atoms with Crippen LogP contribution in [0.3, 0.4) is 0 Å².